The van der Waals surface area contributed by atoms with E-state index in [9.17, 15) is 0 Å². The van der Waals surface area contributed by atoms with Gasteiger partial charge in [0.25, 0.3) is 0 Å². The quantitative estimate of drug-likeness (QED) is 0.433. The van der Waals surface area contributed by atoms with Crippen LogP contribution in [0.15, 0.2) is 5.10 Å². The first kappa shape index (κ1) is 11.9. The third-order valence-corrected chi connectivity index (χ3v) is 2.47. The lowest BCUT2D eigenvalue weighted by Crippen LogP contribution is -2.12. The molecule has 0 aromatic carbocycles. The molecule has 0 saturated heterocycles. The summed E-state index contributed by atoms with van der Waals surface area (Å²) in [6, 6.07) is 0. The van der Waals surface area contributed by atoms with Crippen LogP contribution in [0.2, 0.25) is 0 Å². The second kappa shape index (κ2) is 7.55. The summed E-state index contributed by atoms with van der Waals surface area (Å²) in [5.74, 6) is 0. The maximum absolute atomic E-state index is 4.93. The fourth-order valence-corrected chi connectivity index (χ4v) is 0.858. The summed E-state index contributed by atoms with van der Waals surface area (Å²) in [5, 5.41) is 4.14. The van der Waals surface area contributed by atoms with Crippen molar-refractivity contribution in [3.8, 4) is 0 Å². The van der Waals surface area contributed by atoms with Crippen molar-refractivity contribution in [3.63, 3.8) is 0 Å². The van der Waals surface area contributed by atoms with Crippen LogP contribution >= 0.6 is 24.0 Å². The average Bonchev–Trinajstić information content (AvgIpc) is 2.10. The van der Waals surface area contributed by atoms with Gasteiger partial charge in [-0.1, -0.05) is 37.3 Å². The smallest absolute Gasteiger partial charge is 0.153 e. The number of rotatable bonds is 4. The van der Waals surface area contributed by atoms with Gasteiger partial charge >= 0.3 is 0 Å². The molecular weight excluding hydrogens is 188 g/mol. The molecule has 0 aromatic heterocycles. The molecule has 0 atom stereocenters. The predicted molar refractivity (Wildman–Crippen MR) is 61.9 cm³/mol. The fourth-order valence-electron chi connectivity index (χ4n) is 0.675. The molecule has 1 N–H and O–H groups in total. The van der Waals surface area contributed by atoms with Gasteiger partial charge in [-0.25, -0.2) is 0 Å². The van der Waals surface area contributed by atoms with Crippen molar-refractivity contribution in [1.29, 1.82) is 0 Å². The molecule has 0 saturated carbocycles. The second-order valence-corrected chi connectivity index (χ2v) is 4.04. The van der Waals surface area contributed by atoms with E-state index in [0.29, 0.717) is 0 Å². The van der Waals surface area contributed by atoms with E-state index >= 15 is 0 Å². The van der Waals surface area contributed by atoms with Crippen LogP contribution in [-0.4, -0.2) is 16.3 Å². The Morgan fingerprint density at radius 2 is 2.25 bits per heavy atom. The van der Waals surface area contributed by atoms with Crippen LogP contribution in [0.3, 0.4) is 0 Å². The molecule has 0 aliphatic carbocycles. The molecule has 0 aliphatic heterocycles. The summed E-state index contributed by atoms with van der Waals surface area (Å²) in [6.07, 6.45) is 5.40. The number of unbranched alkanes of at least 4 members (excludes halogenated alkanes) is 1. The highest BCUT2D eigenvalue weighted by Crippen LogP contribution is 1.97. The SMILES string of the molecule is CCCC/C(C)=N\NC(=S)SC. The van der Waals surface area contributed by atoms with E-state index in [2.05, 4.69) is 17.5 Å². The Kier molecular flexibility index (Phi) is 7.50. The van der Waals surface area contributed by atoms with Gasteiger partial charge in [-0.3, -0.25) is 5.43 Å². The lowest BCUT2D eigenvalue weighted by Gasteiger charge is -2.00. The first-order valence-corrected chi connectivity index (χ1v) is 5.71. The van der Waals surface area contributed by atoms with Crippen molar-refractivity contribution >= 4 is 34.0 Å². The molecule has 0 bridgehead atoms. The lowest BCUT2D eigenvalue weighted by atomic mass is 10.2. The number of hydrogen-bond donors (Lipinski definition) is 1. The van der Waals surface area contributed by atoms with Gasteiger partial charge in [0.05, 0.1) is 0 Å². The molecule has 0 spiro atoms. The van der Waals surface area contributed by atoms with Gasteiger partial charge in [0.2, 0.25) is 0 Å². The molecule has 4 heteroatoms. The van der Waals surface area contributed by atoms with Gasteiger partial charge in [-0.2, -0.15) is 5.10 Å². The number of nitrogens with one attached hydrogen (secondary N) is 1. The number of thioether (sulfide) groups is 1. The molecule has 12 heavy (non-hydrogen) atoms. The molecule has 0 fully saturated rings. The van der Waals surface area contributed by atoms with Gasteiger partial charge in [0.1, 0.15) is 0 Å². The fraction of sp³-hybridized carbons (Fsp3) is 0.750. The van der Waals surface area contributed by atoms with Crippen molar-refractivity contribution in [2.45, 2.75) is 33.1 Å². The van der Waals surface area contributed by atoms with Crippen LogP contribution in [0.4, 0.5) is 0 Å². The largest absolute Gasteiger partial charge is 0.262 e. The summed E-state index contributed by atoms with van der Waals surface area (Å²) >= 11 is 6.43. The van der Waals surface area contributed by atoms with Crippen molar-refractivity contribution in [1.82, 2.24) is 5.43 Å². The molecule has 0 heterocycles. The van der Waals surface area contributed by atoms with Crippen molar-refractivity contribution in [2.75, 3.05) is 6.26 Å². The van der Waals surface area contributed by atoms with Gasteiger partial charge < -0.3 is 0 Å². The zero-order valence-electron chi connectivity index (χ0n) is 7.89. The minimum atomic E-state index is 0.728. The van der Waals surface area contributed by atoms with Crippen molar-refractivity contribution < 1.29 is 0 Å². The van der Waals surface area contributed by atoms with E-state index in [4.69, 9.17) is 12.2 Å². The number of nitrogens with zero attached hydrogens (tertiary/aromatic N) is 1. The van der Waals surface area contributed by atoms with Crippen LogP contribution in [0.25, 0.3) is 0 Å². The topological polar surface area (TPSA) is 24.4 Å². The maximum Gasteiger partial charge on any atom is 0.153 e. The molecule has 70 valence electrons. The highest BCUT2D eigenvalue weighted by atomic mass is 32.2. The van der Waals surface area contributed by atoms with E-state index < -0.39 is 0 Å². The van der Waals surface area contributed by atoms with E-state index in [-0.39, 0.29) is 0 Å². The van der Waals surface area contributed by atoms with Crippen LogP contribution in [-0.2, 0) is 0 Å². The first-order valence-electron chi connectivity index (χ1n) is 4.07. The van der Waals surface area contributed by atoms with Gasteiger partial charge in [0.15, 0.2) is 4.32 Å². The van der Waals surface area contributed by atoms with Crippen molar-refractivity contribution in [2.24, 2.45) is 5.10 Å². The Bertz CT molecular complexity index is 166. The van der Waals surface area contributed by atoms with Crippen LogP contribution < -0.4 is 5.43 Å². The number of hydrogen-bond acceptors (Lipinski definition) is 3. The minimum absolute atomic E-state index is 0.728. The second-order valence-electron chi connectivity index (χ2n) is 2.55. The van der Waals surface area contributed by atoms with Gasteiger partial charge in [0, 0.05) is 5.71 Å². The Morgan fingerprint density at radius 3 is 2.75 bits per heavy atom. The van der Waals surface area contributed by atoms with E-state index in [1.807, 2.05) is 13.2 Å². The highest BCUT2D eigenvalue weighted by Gasteiger charge is 1.92. The number of hydrazone groups is 1. The summed E-state index contributed by atoms with van der Waals surface area (Å²) in [5.41, 5.74) is 3.94. The van der Waals surface area contributed by atoms with Gasteiger partial charge in [-0.05, 0) is 26.0 Å². The Hall–Kier alpha value is -0.0900. The van der Waals surface area contributed by atoms with E-state index in [1.165, 1.54) is 24.6 Å². The molecule has 0 rings (SSSR count). The minimum Gasteiger partial charge on any atom is -0.262 e. The molecule has 0 amide bonds. The zero-order valence-corrected chi connectivity index (χ0v) is 9.52. The average molecular weight is 204 g/mol. The predicted octanol–water partition coefficient (Wildman–Crippen LogP) is 2.79. The Labute approximate surface area is 84.2 Å². The molecule has 0 radical (unpaired) electrons. The number of thiocarbonyl (C=S) groups is 1. The third kappa shape index (κ3) is 6.61. The summed E-state index contributed by atoms with van der Waals surface area (Å²) in [4.78, 5) is 0. The van der Waals surface area contributed by atoms with Gasteiger partial charge in [-0.15, -0.1) is 0 Å². The molecule has 0 aliphatic rings. The van der Waals surface area contributed by atoms with Crippen molar-refractivity contribution in [3.05, 3.63) is 0 Å². The summed E-state index contributed by atoms with van der Waals surface area (Å²) < 4.78 is 0.728. The molecule has 2 nitrogen and oxygen atoms in total. The van der Waals surface area contributed by atoms with E-state index in [1.54, 1.807) is 0 Å². The lowest BCUT2D eigenvalue weighted by molar-refractivity contribution is 0.826. The standard InChI is InChI=1S/C8H16N2S2/c1-4-5-6-7(2)9-10-8(11)12-3/h4-6H2,1-3H3,(H,10,11)/b9-7-. The third-order valence-electron chi connectivity index (χ3n) is 1.42. The summed E-state index contributed by atoms with van der Waals surface area (Å²) in [6.45, 7) is 4.19. The maximum atomic E-state index is 4.93. The highest BCUT2D eigenvalue weighted by molar-refractivity contribution is 8.22. The molecule has 0 unspecified atom stereocenters. The Morgan fingerprint density at radius 1 is 1.58 bits per heavy atom. The Balaban J connectivity index is 3.60. The molecule has 0 aromatic rings. The van der Waals surface area contributed by atoms with E-state index in [0.717, 1.165) is 16.5 Å². The zero-order chi connectivity index (χ0) is 9.40. The van der Waals surface area contributed by atoms with Crippen LogP contribution in [0.5, 0.6) is 0 Å². The monoisotopic (exact) mass is 204 g/mol. The summed E-state index contributed by atoms with van der Waals surface area (Å²) in [7, 11) is 0. The normalized spacial score (nSPS) is 11.4. The van der Waals surface area contributed by atoms with Crippen LogP contribution in [0.1, 0.15) is 33.1 Å². The molecular formula is C8H16N2S2. The first-order chi connectivity index (χ1) is 5.70. The van der Waals surface area contributed by atoms with Crippen LogP contribution in [0, 0.1) is 0 Å².